The van der Waals surface area contributed by atoms with Gasteiger partial charge in [-0.05, 0) is 17.7 Å². The quantitative estimate of drug-likeness (QED) is 0.513. The largest absolute Gasteiger partial charge is 0.270 e. The number of nitrogens with zero attached hydrogens (tertiary/aromatic N) is 2. The van der Waals surface area contributed by atoms with E-state index in [0.717, 1.165) is 16.4 Å². The Morgan fingerprint density at radius 1 is 1.45 bits per heavy atom. The van der Waals surface area contributed by atoms with E-state index in [-0.39, 0.29) is 28.6 Å². The van der Waals surface area contributed by atoms with Crippen LogP contribution in [0.25, 0.3) is 0 Å². The number of rotatable bonds is 4. The van der Waals surface area contributed by atoms with Crippen LogP contribution in [0.3, 0.4) is 0 Å². The van der Waals surface area contributed by atoms with Crippen molar-refractivity contribution < 1.29 is 18.1 Å². The van der Waals surface area contributed by atoms with Crippen LogP contribution < -0.4 is 0 Å². The summed E-state index contributed by atoms with van der Waals surface area (Å²) < 4.78 is 25.3. The van der Waals surface area contributed by atoms with Gasteiger partial charge in [0.15, 0.2) is 0 Å². The maximum Gasteiger partial charge on any atom is 0.270 e. The second kappa shape index (κ2) is 5.06. The van der Waals surface area contributed by atoms with E-state index < -0.39 is 20.9 Å². The topological polar surface area (TPSA) is 97.6 Å². The molecule has 0 N–H and O–H groups in total. The molecule has 0 radical (unpaired) electrons. The molecule has 108 valence electrons. The van der Waals surface area contributed by atoms with Gasteiger partial charge in [-0.1, -0.05) is 6.92 Å². The van der Waals surface area contributed by atoms with Crippen molar-refractivity contribution in [2.75, 3.05) is 12.3 Å². The minimum Gasteiger partial charge on any atom is -0.268 e. The number of sulfonamides is 1. The maximum absolute atomic E-state index is 12.3. The molecule has 1 aromatic rings. The van der Waals surface area contributed by atoms with Crippen molar-refractivity contribution in [2.45, 2.75) is 11.8 Å². The molecule has 1 aromatic carbocycles. The maximum atomic E-state index is 12.3. The summed E-state index contributed by atoms with van der Waals surface area (Å²) in [5, 5.41) is 10.7. The molecule has 1 unspecified atom stereocenters. The van der Waals surface area contributed by atoms with Crippen molar-refractivity contribution in [3.63, 3.8) is 0 Å². The van der Waals surface area contributed by atoms with Gasteiger partial charge in [0.05, 0.1) is 10.5 Å². The molecule has 20 heavy (non-hydrogen) atoms. The van der Waals surface area contributed by atoms with Gasteiger partial charge in [-0.15, -0.1) is 0 Å². The van der Waals surface area contributed by atoms with Crippen LogP contribution in [-0.4, -0.2) is 35.9 Å². The van der Waals surface area contributed by atoms with Crippen LogP contribution in [0.1, 0.15) is 17.3 Å². The number of fused-ring (bicyclic) bond motifs is 1. The fourth-order valence-corrected chi connectivity index (χ4v) is 3.72. The second-order valence-electron chi connectivity index (χ2n) is 4.57. The van der Waals surface area contributed by atoms with Crippen LogP contribution >= 0.6 is 12.6 Å². The first-order valence-electron chi connectivity index (χ1n) is 5.75. The average molecular weight is 316 g/mol. The van der Waals surface area contributed by atoms with E-state index in [0.29, 0.717) is 5.75 Å². The van der Waals surface area contributed by atoms with E-state index in [4.69, 9.17) is 0 Å². The number of amides is 1. The molecule has 1 aliphatic rings. The summed E-state index contributed by atoms with van der Waals surface area (Å²) in [5.41, 5.74) is -0.383. The van der Waals surface area contributed by atoms with E-state index in [2.05, 4.69) is 12.6 Å². The van der Waals surface area contributed by atoms with Gasteiger partial charge in [0.25, 0.3) is 21.6 Å². The molecule has 0 spiro atoms. The number of thiol groups is 1. The summed E-state index contributed by atoms with van der Waals surface area (Å²) in [6.45, 7) is 1.77. The van der Waals surface area contributed by atoms with Gasteiger partial charge in [0.2, 0.25) is 0 Å². The first kappa shape index (κ1) is 14.8. The number of carbonyl (C=O) groups is 1. The lowest BCUT2D eigenvalue weighted by molar-refractivity contribution is -0.385. The summed E-state index contributed by atoms with van der Waals surface area (Å²) >= 11 is 4.06. The van der Waals surface area contributed by atoms with Crippen LogP contribution in [0.2, 0.25) is 0 Å². The zero-order chi connectivity index (χ0) is 15.1. The Hall–Kier alpha value is -1.61. The fourth-order valence-electron chi connectivity index (χ4n) is 1.90. The Morgan fingerprint density at radius 3 is 2.65 bits per heavy atom. The molecule has 0 saturated carbocycles. The monoisotopic (exact) mass is 316 g/mol. The van der Waals surface area contributed by atoms with Crippen molar-refractivity contribution >= 4 is 34.2 Å². The molecule has 1 amide bonds. The second-order valence-corrected chi connectivity index (χ2v) is 6.76. The molecule has 9 heteroatoms. The number of nitro benzene ring substituents is 1. The molecule has 0 saturated heterocycles. The highest BCUT2D eigenvalue weighted by atomic mass is 32.2. The lowest BCUT2D eigenvalue weighted by Gasteiger charge is -2.18. The standard InChI is InChI=1S/C11H12N2O5S2/c1-7(6-19)5-12-11(14)9-3-2-8(13(15)16)4-10(9)20(12,17)18/h2-4,7,19H,5-6H2,1H3. The minimum atomic E-state index is -4.01. The minimum absolute atomic E-state index is 0.00709. The summed E-state index contributed by atoms with van der Waals surface area (Å²) in [7, 11) is -4.01. The predicted molar refractivity (Wildman–Crippen MR) is 74.3 cm³/mol. The number of hydrogen-bond donors (Lipinski definition) is 1. The Bertz CT molecular complexity index is 686. The highest BCUT2D eigenvalue weighted by Gasteiger charge is 2.42. The molecule has 2 rings (SSSR count). The zero-order valence-corrected chi connectivity index (χ0v) is 12.2. The van der Waals surface area contributed by atoms with Crippen LogP contribution in [0.5, 0.6) is 0 Å². The third kappa shape index (κ3) is 2.27. The zero-order valence-electron chi connectivity index (χ0n) is 10.5. The van der Waals surface area contributed by atoms with Crippen LogP contribution in [0.4, 0.5) is 5.69 Å². The van der Waals surface area contributed by atoms with Crippen LogP contribution in [0.15, 0.2) is 23.1 Å². The third-order valence-electron chi connectivity index (χ3n) is 2.99. The van der Waals surface area contributed by atoms with Gasteiger partial charge < -0.3 is 0 Å². The summed E-state index contributed by atoms with van der Waals surface area (Å²) in [4.78, 5) is 21.8. The first-order chi connectivity index (χ1) is 9.28. The van der Waals surface area contributed by atoms with Crippen LogP contribution in [-0.2, 0) is 10.0 Å². The van der Waals surface area contributed by atoms with Gasteiger partial charge in [-0.25, -0.2) is 12.7 Å². The number of benzene rings is 1. The molecular weight excluding hydrogens is 304 g/mol. The smallest absolute Gasteiger partial charge is 0.268 e. The van der Waals surface area contributed by atoms with E-state index in [9.17, 15) is 23.3 Å². The summed E-state index contributed by atoms with van der Waals surface area (Å²) in [6, 6.07) is 3.23. The predicted octanol–water partition coefficient (Wildman–Crippen LogP) is 1.31. The Morgan fingerprint density at radius 2 is 2.10 bits per heavy atom. The SMILES string of the molecule is CC(CS)CN1C(=O)c2ccc([N+](=O)[O-])cc2S1(=O)=O. The Balaban J connectivity index is 2.51. The Labute approximate surface area is 121 Å². The van der Waals surface area contributed by atoms with Gasteiger partial charge in [0.1, 0.15) is 4.90 Å². The van der Waals surface area contributed by atoms with E-state index in [1.807, 2.05) is 0 Å². The van der Waals surface area contributed by atoms with Crippen LogP contribution in [0, 0.1) is 16.0 Å². The van der Waals surface area contributed by atoms with Crippen molar-refractivity contribution in [2.24, 2.45) is 5.92 Å². The summed E-state index contributed by atoms with van der Waals surface area (Å²) in [6.07, 6.45) is 0. The summed E-state index contributed by atoms with van der Waals surface area (Å²) in [5.74, 6) is -0.333. The molecule has 1 aliphatic heterocycles. The number of carbonyl (C=O) groups excluding carboxylic acids is 1. The lowest BCUT2D eigenvalue weighted by Crippen LogP contribution is -2.34. The molecule has 0 bridgehead atoms. The molecule has 7 nitrogen and oxygen atoms in total. The first-order valence-corrected chi connectivity index (χ1v) is 7.82. The van der Waals surface area contributed by atoms with Crippen molar-refractivity contribution in [3.8, 4) is 0 Å². The average Bonchev–Trinajstić information content (AvgIpc) is 2.59. The molecule has 0 fully saturated rings. The van der Waals surface area contributed by atoms with Gasteiger partial charge >= 0.3 is 0 Å². The molecule has 0 aromatic heterocycles. The lowest BCUT2D eigenvalue weighted by atomic mass is 10.1. The molecule has 1 atom stereocenters. The number of nitro groups is 1. The van der Waals surface area contributed by atoms with E-state index in [1.54, 1.807) is 6.92 Å². The molecular formula is C11H12N2O5S2. The molecule has 1 heterocycles. The van der Waals surface area contributed by atoms with Gasteiger partial charge in [-0.2, -0.15) is 12.6 Å². The van der Waals surface area contributed by atoms with Crippen molar-refractivity contribution in [1.82, 2.24) is 4.31 Å². The van der Waals surface area contributed by atoms with Crippen molar-refractivity contribution in [1.29, 1.82) is 0 Å². The normalized spacial score (nSPS) is 17.9. The molecule has 0 aliphatic carbocycles. The number of non-ortho nitro benzene ring substituents is 1. The van der Waals surface area contributed by atoms with E-state index >= 15 is 0 Å². The third-order valence-corrected chi connectivity index (χ3v) is 5.40. The van der Waals surface area contributed by atoms with Gasteiger partial charge in [0, 0.05) is 18.7 Å². The van der Waals surface area contributed by atoms with Gasteiger partial charge in [-0.3, -0.25) is 14.9 Å². The fraction of sp³-hybridized carbons (Fsp3) is 0.364. The highest BCUT2D eigenvalue weighted by Crippen LogP contribution is 2.33. The highest BCUT2D eigenvalue weighted by molar-refractivity contribution is 7.90. The Kier molecular flexibility index (Phi) is 3.74. The number of hydrogen-bond acceptors (Lipinski definition) is 6. The van der Waals surface area contributed by atoms with Crippen molar-refractivity contribution in [3.05, 3.63) is 33.9 Å². The van der Waals surface area contributed by atoms with E-state index in [1.165, 1.54) is 6.07 Å².